The van der Waals surface area contributed by atoms with Gasteiger partial charge in [0.25, 0.3) is 0 Å². The first-order valence-corrected chi connectivity index (χ1v) is 25.2. The van der Waals surface area contributed by atoms with E-state index in [1.54, 1.807) is 72.8 Å². The van der Waals surface area contributed by atoms with Crippen molar-refractivity contribution in [1.82, 2.24) is 19.1 Å². The van der Waals surface area contributed by atoms with Crippen LogP contribution in [-0.4, -0.2) is 19.1 Å². The molecule has 9 aromatic carbocycles. The summed E-state index contributed by atoms with van der Waals surface area (Å²) in [6.45, 7) is 52.6. The fourth-order valence-electron chi connectivity index (χ4n) is 11.0. The van der Waals surface area contributed by atoms with Crippen molar-refractivity contribution in [2.75, 3.05) is 0 Å². The third kappa shape index (κ3) is 8.19. The standard InChI is InChI=1S/C69H33N13/c1-39-25-40(2)80-69(79-39)58-34-68(82-65-31-45(52-18-10-42(37-71)27-60(52)76-6)13-21-56(65)57-22-14-46(32-66(57)82)53-24-16-49(74-4)33-61(53)77-7)62(78-8)35-67(58)81-63-29-43(50-23-15-48(73-3)28-47(50)38-72)11-19-54(63)55-20-12-44(30-64(55)81)51-17-9-41(36-70)26-59(51)75-5/h9-35H,1-2H3. The van der Waals surface area contributed by atoms with E-state index in [0.29, 0.717) is 146 Å². The van der Waals surface area contributed by atoms with Crippen LogP contribution in [0.15, 0.2) is 164 Å². The molecule has 0 atom stereocenters. The first kappa shape index (κ1) is 49.9. The molecule has 13 heteroatoms. The molecule has 0 aliphatic rings. The van der Waals surface area contributed by atoms with Gasteiger partial charge in [0.15, 0.2) is 34.3 Å². The van der Waals surface area contributed by atoms with Gasteiger partial charge in [-0.1, -0.05) is 91.0 Å². The minimum Gasteiger partial charge on any atom is -0.319 e. The number of nitrogens with zero attached hydrogens (tertiary/aromatic N) is 13. The molecule has 0 saturated carbocycles. The van der Waals surface area contributed by atoms with E-state index in [9.17, 15) is 15.8 Å². The summed E-state index contributed by atoms with van der Waals surface area (Å²) in [5.41, 5.74) is 13.8. The second-order valence-corrected chi connectivity index (χ2v) is 19.3. The van der Waals surface area contributed by atoms with Crippen molar-refractivity contribution >= 4 is 77.7 Å². The van der Waals surface area contributed by atoms with Crippen LogP contribution < -0.4 is 0 Å². The first-order chi connectivity index (χ1) is 40.0. The average Bonchev–Trinajstić information content (AvgIpc) is 3.22. The predicted molar refractivity (Wildman–Crippen MR) is 319 cm³/mol. The van der Waals surface area contributed by atoms with Crippen LogP contribution in [0.25, 0.3) is 140 Å². The van der Waals surface area contributed by atoms with E-state index < -0.39 is 0 Å². The van der Waals surface area contributed by atoms with E-state index in [-0.39, 0.29) is 5.69 Å². The van der Waals surface area contributed by atoms with E-state index in [1.165, 1.54) is 0 Å². The van der Waals surface area contributed by atoms with Gasteiger partial charge in [-0.05, 0) is 131 Å². The van der Waals surface area contributed by atoms with Crippen molar-refractivity contribution in [3.63, 3.8) is 0 Å². The molecule has 0 N–H and O–H groups in total. The number of hydrogen-bond acceptors (Lipinski definition) is 5. The fraction of sp³-hybridized carbons (Fsp3) is 0.0290. The highest BCUT2D eigenvalue weighted by Crippen LogP contribution is 2.47. The van der Waals surface area contributed by atoms with Crippen LogP contribution in [0.2, 0.25) is 0 Å². The van der Waals surface area contributed by atoms with Crippen molar-refractivity contribution in [2.45, 2.75) is 13.8 Å². The number of aryl methyl sites for hydroxylation is 2. The molecule has 3 heterocycles. The topological polar surface area (TPSA) is 133 Å². The largest absolute Gasteiger partial charge is 0.319 e. The summed E-state index contributed by atoms with van der Waals surface area (Å²) in [6, 6.07) is 56.0. The lowest BCUT2D eigenvalue weighted by Crippen LogP contribution is -2.04. The third-order valence-electron chi connectivity index (χ3n) is 14.7. The smallest absolute Gasteiger partial charge is 0.212 e. The van der Waals surface area contributed by atoms with Crippen LogP contribution in [0.1, 0.15) is 28.1 Å². The Morgan fingerprint density at radius 3 is 1.18 bits per heavy atom. The summed E-state index contributed by atoms with van der Waals surface area (Å²) < 4.78 is 4.08. The second kappa shape index (κ2) is 19.9. The Kier molecular flexibility index (Phi) is 12.1. The molecule has 82 heavy (non-hydrogen) atoms. The highest BCUT2D eigenvalue weighted by molar-refractivity contribution is 6.14. The molecule has 0 saturated heterocycles. The van der Waals surface area contributed by atoms with E-state index in [0.717, 1.165) is 21.5 Å². The van der Waals surface area contributed by atoms with Crippen molar-refractivity contribution in [3.05, 3.63) is 260 Å². The minimum atomic E-state index is 0.229. The molecule has 12 rings (SSSR count). The number of fused-ring (bicyclic) bond motifs is 6. The molecule has 0 radical (unpaired) electrons. The summed E-state index contributed by atoms with van der Waals surface area (Å²) >= 11 is 0. The van der Waals surface area contributed by atoms with Gasteiger partial charge in [-0.25, -0.2) is 39.0 Å². The number of nitriles is 3. The van der Waals surface area contributed by atoms with Gasteiger partial charge in [-0.2, -0.15) is 15.8 Å². The Bertz CT molecular complexity index is 4970. The lowest BCUT2D eigenvalue weighted by Gasteiger charge is -2.19. The van der Waals surface area contributed by atoms with Gasteiger partial charge < -0.3 is 9.13 Å². The number of hydrogen-bond donors (Lipinski definition) is 0. The Labute approximate surface area is 470 Å². The molecule has 0 aliphatic carbocycles. The third-order valence-corrected chi connectivity index (χ3v) is 14.7. The van der Waals surface area contributed by atoms with E-state index >= 15 is 0 Å². The number of aromatic nitrogens is 4. The first-order valence-electron chi connectivity index (χ1n) is 25.2. The molecule has 0 fully saturated rings. The maximum absolute atomic E-state index is 10.4. The molecular formula is C69H33N13. The zero-order valence-corrected chi connectivity index (χ0v) is 43.4. The molecule has 374 valence electrons. The highest BCUT2D eigenvalue weighted by atomic mass is 15.0. The van der Waals surface area contributed by atoms with Crippen LogP contribution in [0, 0.1) is 87.3 Å². The average molecular weight is 1040 g/mol. The highest BCUT2D eigenvalue weighted by Gasteiger charge is 2.26. The monoisotopic (exact) mass is 1040 g/mol. The van der Waals surface area contributed by atoms with Crippen LogP contribution in [-0.2, 0) is 0 Å². The van der Waals surface area contributed by atoms with Gasteiger partial charge in [0.1, 0.15) is 0 Å². The lowest BCUT2D eigenvalue weighted by molar-refractivity contribution is 1.05. The van der Waals surface area contributed by atoms with Gasteiger partial charge >= 0.3 is 0 Å². The van der Waals surface area contributed by atoms with Crippen LogP contribution in [0.5, 0.6) is 0 Å². The van der Waals surface area contributed by atoms with Crippen LogP contribution in [0.3, 0.4) is 0 Å². The van der Waals surface area contributed by atoms with Crippen LogP contribution in [0.4, 0.5) is 34.1 Å². The molecule has 0 aliphatic heterocycles. The van der Waals surface area contributed by atoms with Crippen molar-refractivity contribution in [3.8, 4) is 85.5 Å². The molecule has 0 bridgehead atoms. The predicted octanol–water partition coefficient (Wildman–Crippen LogP) is 18.5. The molecule has 12 aromatic rings. The quantitative estimate of drug-likeness (QED) is 0.147. The molecule has 0 unspecified atom stereocenters. The number of benzene rings is 9. The zero-order chi connectivity index (χ0) is 56.9. The molecule has 0 spiro atoms. The normalized spacial score (nSPS) is 10.7. The van der Waals surface area contributed by atoms with E-state index in [1.807, 2.05) is 109 Å². The van der Waals surface area contributed by atoms with Crippen molar-refractivity contribution in [1.29, 1.82) is 15.8 Å². The van der Waals surface area contributed by atoms with Crippen molar-refractivity contribution < 1.29 is 0 Å². The Morgan fingerprint density at radius 1 is 0.354 bits per heavy atom. The summed E-state index contributed by atoms with van der Waals surface area (Å²) in [7, 11) is 0. The van der Waals surface area contributed by atoms with Gasteiger partial charge in [-0.15, -0.1) is 0 Å². The molecule has 13 nitrogen and oxygen atoms in total. The molecule has 0 amide bonds. The fourth-order valence-corrected chi connectivity index (χ4v) is 11.0. The molecule has 3 aromatic heterocycles. The van der Waals surface area contributed by atoms with Gasteiger partial charge in [0.05, 0.1) is 85.4 Å². The lowest BCUT2D eigenvalue weighted by atomic mass is 9.98. The van der Waals surface area contributed by atoms with Gasteiger partial charge in [-0.3, -0.25) is 0 Å². The van der Waals surface area contributed by atoms with E-state index in [2.05, 4.69) is 51.8 Å². The molecular weight excluding hydrogens is 1010 g/mol. The Morgan fingerprint density at radius 2 is 0.756 bits per heavy atom. The summed E-state index contributed by atoms with van der Waals surface area (Å²) in [5.74, 6) is 0.361. The van der Waals surface area contributed by atoms with Gasteiger partial charge in [0, 0.05) is 60.9 Å². The SMILES string of the molecule is [C-]#[N+]c1ccc(-c2ccc3c4ccc(-c5ccc(C#N)cc5[N+]#[C-])cc4n(-c4cc([N+]#[C-])c(-n5c6cc(-c7ccc(C#N)cc7[N+]#[C-])ccc6c6ccc(-c7ccc([N+]#[C-])cc7[N+]#[C-])cc65)cc4-c4nc(C)cc(C)n4)c3c2)c(C#N)c1. The maximum Gasteiger partial charge on any atom is 0.212 e. The summed E-state index contributed by atoms with van der Waals surface area (Å²) in [6.07, 6.45) is 0. The Hall–Kier alpha value is -12.9. The zero-order valence-electron chi connectivity index (χ0n) is 43.4. The minimum absolute atomic E-state index is 0.229. The second-order valence-electron chi connectivity index (χ2n) is 19.3. The summed E-state index contributed by atoms with van der Waals surface area (Å²) in [4.78, 5) is 33.1. The summed E-state index contributed by atoms with van der Waals surface area (Å²) in [5, 5.41) is 33.3. The number of rotatable bonds is 7. The van der Waals surface area contributed by atoms with E-state index in [4.69, 9.17) is 49.4 Å². The van der Waals surface area contributed by atoms with Crippen molar-refractivity contribution in [2.24, 2.45) is 0 Å². The maximum atomic E-state index is 10.4. The Balaban J connectivity index is 1.22. The van der Waals surface area contributed by atoms with Crippen LogP contribution >= 0.6 is 0 Å². The van der Waals surface area contributed by atoms with Gasteiger partial charge in [0.2, 0.25) is 5.69 Å².